The Morgan fingerprint density at radius 1 is 1.36 bits per heavy atom. The van der Waals surface area contributed by atoms with Gasteiger partial charge in [-0.2, -0.15) is 11.8 Å². The van der Waals surface area contributed by atoms with Crippen LogP contribution in [-0.2, 0) is 0 Å². The Hall–Kier alpha value is -0.170. The minimum absolute atomic E-state index is 0.390. The lowest BCUT2D eigenvalue weighted by molar-refractivity contribution is 0.515. The van der Waals surface area contributed by atoms with Gasteiger partial charge in [-0.15, -0.1) is 0 Å². The number of rotatable bonds is 2. The maximum atomic E-state index is 2.32. The summed E-state index contributed by atoms with van der Waals surface area (Å²) >= 11 is 1.95. The fourth-order valence-corrected chi connectivity index (χ4v) is 1.73. The molecule has 0 fully saturated rings. The van der Waals surface area contributed by atoms with E-state index in [1.54, 1.807) is 0 Å². The van der Waals surface area contributed by atoms with Crippen molar-refractivity contribution in [1.82, 2.24) is 0 Å². The molecule has 0 amide bonds. The molecule has 0 aromatic heterocycles. The zero-order valence-corrected chi connectivity index (χ0v) is 8.32. The number of hydrogen-bond donors (Lipinski definition) is 0. The summed E-state index contributed by atoms with van der Waals surface area (Å²) in [7, 11) is 0. The molecule has 0 aromatic rings. The van der Waals surface area contributed by atoms with Crippen LogP contribution in [0.2, 0.25) is 0 Å². The summed E-state index contributed by atoms with van der Waals surface area (Å²) in [6.07, 6.45) is 12.2. The summed E-state index contributed by atoms with van der Waals surface area (Å²) in [4.78, 5) is 0. The smallest absolute Gasteiger partial charge is 0.0166 e. The predicted molar refractivity (Wildman–Crippen MR) is 54.0 cm³/mol. The highest BCUT2D eigenvalue weighted by Gasteiger charge is 2.25. The molecule has 1 atom stereocenters. The molecular formula is C10H16S. The van der Waals surface area contributed by atoms with E-state index in [4.69, 9.17) is 0 Å². The Morgan fingerprint density at radius 3 is 2.55 bits per heavy atom. The van der Waals surface area contributed by atoms with Crippen molar-refractivity contribution < 1.29 is 0 Å². The highest BCUT2D eigenvalue weighted by atomic mass is 32.2. The van der Waals surface area contributed by atoms with Gasteiger partial charge in [0.15, 0.2) is 0 Å². The van der Waals surface area contributed by atoms with E-state index in [0.29, 0.717) is 10.7 Å². The van der Waals surface area contributed by atoms with Crippen molar-refractivity contribution >= 4 is 11.8 Å². The van der Waals surface area contributed by atoms with Gasteiger partial charge < -0.3 is 0 Å². The molecule has 1 unspecified atom stereocenters. The molecule has 0 heterocycles. The standard InChI is InChI=1S/C10H16S/c1-10(2,11-3)9-7-5-4-6-8-9/h4-7,9H,8H2,1-3H3. The van der Waals surface area contributed by atoms with Crippen LogP contribution in [-0.4, -0.2) is 11.0 Å². The topological polar surface area (TPSA) is 0 Å². The SMILES string of the molecule is CSC(C)(C)C1C=CC=CC1. The largest absolute Gasteiger partial charge is 0.159 e. The zero-order chi connectivity index (χ0) is 8.32. The molecule has 0 aromatic carbocycles. The van der Waals surface area contributed by atoms with Crippen LogP contribution in [0.3, 0.4) is 0 Å². The first-order chi connectivity index (χ1) is 5.17. The van der Waals surface area contributed by atoms with Crippen molar-refractivity contribution in [3.05, 3.63) is 24.3 Å². The van der Waals surface area contributed by atoms with Gasteiger partial charge in [-0.1, -0.05) is 38.2 Å². The molecule has 11 heavy (non-hydrogen) atoms. The molecule has 0 nitrogen and oxygen atoms in total. The first-order valence-electron chi connectivity index (χ1n) is 4.05. The number of allylic oxidation sites excluding steroid dienone is 4. The van der Waals surface area contributed by atoms with Crippen LogP contribution < -0.4 is 0 Å². The Morgan fingerprint density at radius 2 is 2.09 bits per heavy atom. The van der Waals surface area contributed by atoms with Crippen LogP contribution in [0, 0.1) is 5.92 Å². The van der Waals surface area contributed by atoms with Crippen LogP contribution >= 0.6 is 11.8 Å². The molecule has 0 saturated heterocycles. The van der Waals surface area contributed by atoms with Gasteiger partial charge in [-0.3, -0.25) is 0 Å². The van der Waals surface area contributed by atoms with E-state index in [1.807, 2.05) is 11.8 Å². The lowest BCUT2D eigenvalue weighted by Gasteiger charge is -2.30. The minimum Gasteiger partial charge on any atom is -0.159 e. The summed E-state index contributed by atoms with van der Waals surface area (Å²) in [5, 5.41) is 0. The van der Waals surface area contributed by atoms with Crippen molar-refractivity contribution in [1.29, 1.82) is 0 Å². The average molecular weight is 168 g/mol. The van der Waals surface area contributed by atoms with Crippen molar-refractivity contribution in [2.45, 2.75) is 25.0 Å². The number of thioether (sulfide) groups is 1. The molecule has 1 aliphatic rings. The van der Waals surface area contributed by atoms with E-state index in [2.05, 4.69) is 44.4 Å². The van der Waals surface area contributed by atoms with Crippen molar-refractivity contribution in [3.63, 3.8) is 0 Å². The Kier molecular flexibility index (Phi) is 2.83. The van der Waals surface area contributed by atoms with Gasteiger partial charge in [0.05, 0.1) is 0 Å². The van der Waals surface area contributed by atoms with Gasteiger partial charge in [0.1, 0.15) is 0 Å². The highest BCUT2D eigenvalue weighted by molar-refractivity contribution is 7.99. The molecule has 0 aliphatic heterocycles. The molecule has 1 rings (SSSR count). The van der Waals surface area contributed by atoms with E-state index in [1.165, 1.54) is 6.42 Å². The van der Waals surface area contributed by atoms with E-state index >= 15 is 0 Å². The maximum absolute atomic E-state index is 2.32. The second kappa shape index (κ2) is 3.48. The number of hydrogen-bond acceptors (Lipinski definition) is 1. The van der Waals surface area contributed by atoms with E-state index < -0.39 is 0 Å². The van der Waals surface area contributed by atoms with Gasteiger partial charge in [0.25, 0.3) is 0 Å². The normalized spacial score (nSPS) is 24.1. The molecule has 0 bridgehead atoms. The van der Waals surface area contributed by atoms with Crippen LogP contribution in [0.1, 0.15) is 20.3 Å². The van der Waals surface area contributed by atoms with Gasteiger partial charge >= 0.3 is 0 Å². The van der Waals surface area contributed by atoms with Crippen molar-refractivity contribution in [2.75, 3.05) is 6.26 Å². The molecule has 62 valence electrons. The molecule has 1 aliphatic carbocycles. The summed E-state index contributed by atoms with van der Waals surface area (Å²) < 4.78 is 0.390. The first kappa shape index (κ1) is 8.92. The van der Waals surface area contributed by atoms with E-state index in [0.717, 1.165) is 0 Å². The second-order valence-electron chi connectivity index (χ2n) is 3.46. The third-order valence-corrected chi connectivity index (χ3v) is 3.75. The monoisotopic (exact) mass is 168 g/mol. The minimum atomic E-state index is 0.390. The van der Waals surface area contributed by atoms with Crippen LogP contribution in [0.25, 0.3) is 0 Å². The predicted octanol–water partition coefficient (Wildman–Crippen LogP) is 3.26. The third-order valence-electron chi connectivity index (χ3n) is 2.40. The van der Waals surface area contributed by atoms with Gasteiger partial charge in [0.2, 0.25) is 0 Å². The van der Waals surface area contributed by atoms with Crippen LogP contribution in [0.4, 0.5) is 0 Å². The fraction of sp³-hybridized carbons (Fsp3) is 0.600. The first-order valence-corrected chi connectivity index (χ1v) is 5.28. The molecule has 0 N–H and O–H groups in total. The molecule has 0 radical (unpaired) electrons. The second-order valence-corrected chi connectivity index (χ2v) is 4.92. The third kappa shape index (κ3) is 2.13. The molecule has 1 heteroatoms. The highest BCUT2D eigenvalue weighted by Crippen LogP contribution is 2.34. The van der Waals surface area contributed by atoms with E-state index in [9.17, 15) is 0 Å². The van der Waals surface area contributed by atoms with Crippen molar-refractivity contribution in [2.24, 2.45) is 5.92 Å². The summed E-state index contributed by atoms with van der Waals surface area (Å²) in [6, 6.07) is 0. The molecule has 0 saturated carbocycles. The lowest BCUT2D eigenvalue weighted by atomic mass is 9.89. The summed E-state index contributed by atoms with van der Waals surface area (Å²) in [6.45, 7) is 4.62. The summed E-state index contributed by atoms with van der Waals surface area (Å²) in [5.41, 5.74) is 0. The van der Waals surface area contributed by atoms with E-state index in [-0.39, 0.29) is 0 Å². The summed E-state index contributed by atoms with van der Waals surface area (Å²) in [5.74, 6) is 0.711. The molecular weight excluding hydrogens is 152 g/mol. The average Bonchev–Trinajstić information content (AvgIpc) is 2.06. The zero-order valence-electron chi connectivity index (χ0n) is 7.50. The van der Waals surface area contributed by atoms with Crippen LogP contribution in [0.5, 0.6) is 0 Å². The maximum Gasteiger partial charge on any atom is 0.0166 e. The Bertz CT molecular complexity index is 177. The van der Waals surface area contributed by atoms with Crippen LogP contribution in [0.15, 0.2) is 24.3 Å². The molecule has 0 spiro atoms. The fourth-order valence-electron chi connectivity index (χ4n) is 1.25. The Labute approximate surface area is 73.8 Å². The van der Waals surface area contributed by atoms with Gasteiger partial charge in [-0.05, 0) is 18.6 Å². The van der Waals surface area contributed by atoms with Gasteiger partial charge in [0, 0.05) is 4.75 Å². The quantitative estimate of drug-likeness (QED) is 0.610. The van der Waals surface area contributed by atoms with Crippen molar-refractivity contribution in [3.8, 4) is 0 Å². The lowest BCUT2D eigenvalue weighted by Crippen LogP contribution is -2.25. The van der Waals surface area contributed by atoms with Gasteiger partial charge in [-0.25, -0.2) is 0 Å². The Balaban J connectivity index is 2.61.